The highest BCUT2D eigenvalue weighted by atomic mass is 19.4. The van der Waals surface area contributed by atoms with Gasteiger partial charge < -0.3 is 14.4 Å². The largest absolute Gasteiger partial charge is 0.497 e. The highest BCUT2D eigenvalue weighted by Gasteiger charge is 2.30. The first-order valence-corrected chi connectivity index (χ1v) is 5.39. The zero-order valence-electron chi connectivity index (χ0n) is 10.5. The van der Waals surface area contributed by atoms with Gasteiger partial charge in [0.25, 0.3) is 0 Å². The van der Waals surface area contributed by atoms with Crippen molar-refractivity contribution in [3.63, 3.8) is 0 Å². The van der Waals surface area contributed by atoms with Crippen molar-refractivity contribution >= 4 is 6.09 Å². The van der Waals surface area contributed by atoms with Crippen LogP contribution in [0.3, 0.4) is 0 Å². The normalized spacial score (nSPS) is 11.0. The molecule has 0 saturated heterocycles. The van der Waals surface area contributed by atoms with Gasteiger partial charge in [-0.2, -0.15) is 13.2 Å². The van der Waals surface area contributed by atoms with Crippen LogP contribution in [0.4, 0.5) is 18.0 Å². The van der Waals surface area contributed by atoms with Gasteiger partial charge in [-0.3, -0.25) is 0 Å². The van der Waals surface area contributed by atoms with Crippen molar-refractivity contribution in [2.45, 2.75) is 12.7 Å². The van der Waals surface area contributed by atoms with Crippen LogP contribution in [-0.4, -0.2) is 37.9 Å². The van der Waals surface area contributed by atoms with E-state index in [1.807, 2.05) is 0 Å². The van der Waals surface area contributed by atoms with Gasteiger partial charge in [0.1, 0.15) is 5.75 Å². The summed E-state index contributed by atoms with van der Waals surface area (Å²) in [4.78, 5) is 12.4. The van der Waals surface area contributed by atoms with Crippen LogP contribution in [0.1, 0.15) is 5.56 Å². The minimum atomic E-state index is -4.52. The Hall–Kier alpha value is -1.92. The molecule has 1 aromatic rings. The summed E-state index contributed by atoms with van der Waals surface area (Å²) in [7, 11) is 2.89. The summed E-state index contributed by atoms with van der Waals surface area (Å²) in [6.07, 6.45) is -5.54. The van der Waals surface area contributed by atoms with E-state index in [0.717, 1.165) is 10.5 Å². The van der Waals surface area contributed by atoms with Crippen molar-refractivity contribution < 1.29 is 27.4 Å². The fourth-order valence-electron chi connectivity index (χ4n) is 1.32. The molecule has 0 aromatic heterocycles. The number of methoxy groups -OCH3 is 1. The van der Waals surface area contributed by atoms with Crippen molar-refractivity contribution in [1.29, 1.82) is 0 Å². The summed E-state index contributed by atoms with van der Waals surface area (Å²) >= 11 is 0. The Morgan fingerprint density at radius 1 is 1.26 bits per heavy atom. The second-order valence-corrected chi connectivity index (χ2v) is 3.87. The summed E-state index contributed by atoms with van der Waals surface area (Å²) in [6, 6.07) is 6.83. The molecule has 4 nitrogen and oxygen atoms in total. The molecule has 0 atom stereocenters. The van der Waals surface area contributed by atoms with Crippen molar-refractivity contribution in [2.24, 2.45) is 0 Å². The second-order valence-electron chi connectivity index (χ2n) is 3.87. The summed E-state index contributed by atoms with van der Waals surface area (Å²) in [5, 5.41) is 0. The minimum Gasteiger partial charge on any atom is -0.497 e. The molecule has 0 saturated carbocycles. The average molecular weight is 277 g/mol. The van der Waals surface area contributed by atoms with Crippen molar-refractivity contribution in [2.75, 3.05) is 20.8 Å². The lowest BCUT2D eigenvalue weighted by Crippen LogP contribution is -2.30. The quantitative estimate of drug-likeness (QED) is 0.849. The first-order valence-electron chi connectivity index (χ1n) is 5.39. The molecule has 0 heterocycles. The molecule has 0 aliphatic heterocycles. The van der Waals surface area contributed by atoms with Crippen LogP contribution in [0.2, 0.25) is 0 Å². The smallest absolute Gasteiger partial charge is 0.422 e. The van der Waals surface area contributed by atoms with Crippen molar-refractivity contribution in [3.05, 3.63) is 29.8 Å². The number of amides is 1. The molecule has 1 amide bonds. The van der Waals surface area contributed by atoms with E-state index in [-0.39, 0.29) is 6.54 Å². The second kappa shape index (κ2) is 6.31. The number of benzene rings is 1. The number of alkyl halides is 3. The fraction of sp³-hybridized carbons (Fsp3) is 0.417. The van der Waals surface area contributed by atoms with Gasteiger partial charge in [0.15, 0.2) is 6.61 Å². The van der Waals surface area contributed by atoms with E-state index >= 15 is 0 Å². The Labute approximate surface area is 108 Å². The van der Waals surface area contributed by atoms with Gasteiger partial charge in [-0.25, -0.2) is 4.79 Å². The van der Waals surface area contributed by atoms with E-state index < -0.39 is 18.9 Å². The lowest BCUT2D eigenvalue weighted by Gasteiger charge is -2.17. The standard InChI is InChI=1S/C12H14F3NO3/c1-16(11(17)19-8-12(13,14)15)7-9-3-5-10(18-2)6-4-9/h3-6H,7-8H2,1-2H3. The van der Waals surface area contributed by atoms with Gasteiger partial charge >= 0.3 is 12.3 Å². The zero-order chi connectivity index (χ0) is 14.5. The van der Waals surface area contributed by atoms with E-state index in [2.05, 4.69) is 4.74 Å². The average Bonchev–Trinajstić information content (AvgIpc) is 2.36. The van der Waals surface area contributed by atoms with E-state index in [4.69, 9.17) is 4.74 Å². The molecule has 0 aliphatic carbocycles. The molecule has 0 fully saturated rings. The number of carbonyl (C=O) groups excluding carboxylic acids is 1. The lowest BCUT2D eigenvalue weighted by molar-refractivity contribution is -0.162. The van der Waals surface area contributed by atoms with Crippen LogP contribution >= 0.6 is 0 Å². The SMILES string of the molecule is COc1ccc(CN(C)C(=O)OCC(F)(F)F)cc1. The molecule has 106 valence electrons. The molecule has 0 unspecified atom stereocenters. The van der Waals surface area contributed by atoms with Gasteiger partial charge in [-0.15, -0.1) is 0 Å². The fourth-order valence-corrected chi connectivity index (χ4v) is 1.32. The van der Waals surface area contributed by atoms with Gasteiger partial charge in [0.05, 0.1) is 7.11 Å². The molecule has 1 aromatic carbocycles. The Morgan fingerprint density at radius 3 is 2.32 bits per heavy atom. The first-order chi connectivity index (χ1) is 8.81. The molecular weight excluding hydrogens is 263 g/mol. The predicted octanol–water partition coefficient (Wildman–Crippen LogP) is 2.83. The van der Waals surface area contributed by atoms with Gasteiger partial charge in [0.2, 0.25) is 0 Å². The highest BCUT2D eigenvalue weighted by Crippen LogP contribution is 2.16. The highest BCUT2D eigenvalue weighted by molar-refractivity contribution is 5.67. The minimum absolute atomic E-state index is 0.153. The molecule has 1 rings (SSSR count). The van der Waals surface area contributed by atoms with E-state index in [9.17, 15) is 18.0 Å². The van der Waals surface area contributed by atoms with Gasteiger partial charge in [0, 0.05) is 13.6 Å². The number of ether oxygens (including phenoxy) is 2. The summed E-state index contributed by atoms with van der Waals surface area (Å²) < 4.78 is 44.7. The van der Waals surface area contributed by atoms with Crippen LogP contribution in [0.5, 0.6) is 5.75 Å². The molecular formula is C12H14F3NO3. The number of carbonyl (C=O) groups is 1. The van der Waals surface area contributed by atoms with Crippen LogP contribution in [0.15, 0.2) is 24.3 Å². The zero-order valence-corrected chi connectivity index (χ0v) is 10.5. The van der Waals surface area contributed by atoms with E-state index in [0.29, 0.717) is 5.75 Å². The van der Waals surface area contributed by atoms with Crippen LogP contribution < -0.4 is 4.74 Å². The van der Waals surface area contributed by atoms with Crippen molar-refractivity contribution in [1.82, 2.24) is 4.90 Å². The summed E-state index contributed by atoms with van der Waals surface area (Å²) in [5.41, 5.74) is 0.757. The molecule has 0 spiro atoms. The van der Waals surface area contributed by atoms with E-state index in [1.54, 1.807) is 24.3 Å². The molecule has 19 heavy (non-hydrogen) atoms. The van der Waals surface area contributed by atoms with Gasteiger partial charge in [-0.05, 0) is 17.7 Å². The number of halogens is 3. The number of hydrogen-bond donors (Lipinski definition) is 0. The maximum atomic E-state index is 11.9. The number of rotatable bonds is 4. The summed E-state index contributed by atoms with van der Waals surface area (Å²) in [5.74, 6) is 0.658. The Bertz CT molecular complexity index is 417. The van der Waals surface area contributed by atoms with Crippen LogP contribution in [-0.2, 0) is 11.3 Å². The third kappa shape index (κ3) is 5.50. The third-order valence-corrected chi connectivity index (χ3v) is 2.25. The van der Waals surface area contributed by atoms with E-state index in [1.165, 1.54) is 14.2 Å². The van der Waals surface area contributed by atoms with Crippen LogP contribution in [0, 0.1) is 0 Å². The Kier molecular flexibility index (Phi) is 5.02. The molecule has 0 aliphatic rings. The maximum Gasteiger partial charge on any atom is 0.422 e. The molecule has 0 bridgehead atoms. The monoisotopic (exact) mass is 277 g/mol. The Balaban J connectivity index is 2.49. The number of nitrogens with zero attached hydrogens (tertiary/aromatic N) is 1. The first kappa shape index (κ1) is 15.1. The summed E-state index contributed by atoms with van der Waals surface area (Å²) in [6.45, 7) is -1.43. The topological polar surface area (TPSA) is 38.8 Å². The maximum absolute atomic E-state index is 11.9. The molecule has 7 heteroatoms. The lowest BCUT2D eigenvalue weighted by atomic mass is 10.2. The molecule has 0 N–H and O–H groups in total. The predicted molar refractivity (Wildman–Crippen MR) is 61.9 cm³/mol. The van der Waals surface area contributed by atoms with Crippen LogP contribution in [0.25, 0.3) is 0 Å². The number of hydrogen-bond acceptors (Lipinski definition) is 3. The Morgan fingerprint density at radius 2 is 1.84 bits per heavy atom. The van der Waals surface area contributed by atoms with Gasteiger partial charge in [-0.1, -0.05) is 12.1 Å². The van der Waals surface area contributed by atoms with Crippen molar-refractivity contribution in [3.8, 4) is 5.75 Å². The third-order valence-electron chi connectivity index (χ3n) is 2.25. The molecule has 0 radical (unpaired) electrons.